The van der Waals surface area contributed by atoms with Gasteiger partial charge in [0.15, 0.2) is 0 Å². The summed E-state index contributed by atoms with van der Waals surface area (Å²) in [7, 11) is -1.87. The van der Waals surface area contributed by atoms with E-state index in [0.717, 1.165) is 0 Å². The molecule has 0 saturated heterocycles. The molecule has 1 unspecified atom stereocenters. The molecule has 0 amide bonds. The first kappa shape index (κ1) is 12.2. The maximum absolute atomic E-state index is 11.7. The maximum atomic E-state index is 11.7. The highest BCUT2D eigenvalue weighted by molar-refractivity contribution is 7.89. The van der Waals surface area contributed by atoms with Crippen molar-refractivity contribution in [2.45, 2.75) is 24.3 Å². The summed E-state index contributed by atoms with van der Waals surface area (Å²) in [5.41, 5.74) is 0. The monoisotopic (exact) mass is 233 g/mol. The molecule has 0 bridgehead atoms. The Morgan fingerprint density at radius 1 is 1.67 bits per heavy atom. The molecule has 1 heterocycles. The molecule has 15 heavy (non-hydrogen) atoms. The van der Waals surface area contributed by atoms with Gasteiger partial charge in [-0.3, -0.25) is 5.10 Å². The summed E-state index contributed by atoms with van der Waals surface area (Å²) in [6.45, 7) is 2.31. The van der Waals surface area contributed by atoms with Crippen molar-refractivity contribution in [2.24, 2.45) is 0 Å². The predicted molar refractivity (Wildman–Crippen MR) is 54.9 cm³/mol. The molecule has 0 saturated carbocycles. The van der Waals surface area contributed by atoms with E-state index >= 15 is 0 Å². The van der Waals surface area contributed by atoms with E-state index in [-0.39, 0.29) is 10.9 Å². The van der Waals surface area contributed by atoms with Crippen LogP contribution in [0.1, 0.15) is 13.3 Å². The van der Waals surface area contributed by atoms with Crippen molar-refractivity contribution in [3.05, 3.63) is 12.4 Å². The number of H-pyrrole nitrogens is 1. The molecule has 6 nitrogen and oxygen atoms in total. The van der Waals surface area contributed by atoms with Gasteiger partial charge in [-0.1, -0.05) is 0 Å². The van der Waals surface area contributed by atoms with Crippen LogP contribution in [-0.2, 0) is 14.8 Å². The van der Waals surface area contributed by atoms with E-state index in [2.05, 4.69) is 14.9 Å². The number of aromatic nitrogens is 2. The highest BCUT2D eigenvalue weighted by Gasteiger charge is 2.17. The Balaban J connectivity index is 2.57. The van der Waals surface area contributed by atoms with Gasteiger partial charge in [-0.2, -0.15) is 5.10 Å². The van der Waals surface area contributed by atoms with Crippen molar-refractivity contribution in [3.63, 3.8) is 0 Å². The zero-order chi connectivity index (χ0) is 11.3. The van der Waals surface area contributed by atoms with Crippen LogP contribution in [0.25, 0.3) is 0 Å². The zero-order valence-corrected chi connectivity index (χ0v) is 9.54. The average molecular weight is 233 g/mol. The van der Waals surface area contributed by atoms with E-state index in [9.17, 15) is 8.42 Å². The summed E-state index contributed by atoms with van der Waals surface area (Å²) >= 11 is 0. The van der Waals surface area contributed by atoms with Crippen LogP contribution >= 0.6 is 0 Å². The molecule has 0 radical (unpaired) electrons. The van der Waals surface area contributed by atoms with Gasteiger partial charge in [0, 0.05) is 26.0 Å². The minimum atomic E-state index is -3.45. The van der Waals surface area contributed by atoms with Crippen LogP contribution in [0.2, 0.25) is 0 Å². The molecule has 0 aliphatic carbocycles. The Bertz CT molecular complexity index is 374. The van der Waals surface area contributed by atoms with Crippen LogP contribution in [0.15, 0.2) is 17.3 Å². The van der Waals surface area contributed by atoms with Crippen LogP contribution in [-0.4, -0.2) is 38.4 Å². The molecule has 2 N–H and O–H groups in total. The molecule has 86 valence electrons. The van der Waals surface area contributed by atoms with E-state index in [4.69, 9.17) is 4.74 Å². The van der Waals surface area contributed by atoms with Crippen LogP contribution < -0.4 is 4.72 Å². The second-order valence-electron chi connectivity index (χ2n) is 3.24. The van der Waals surface area contributed by atoms with Crippen LogP contribution in [0, 0.1) is 0 Å². The van der Waals surface area contributed by atoms with Gasteiger partial charge in [-0.05, 0) is 13.3 Å². The number of hydrogen-bond donors (Lipinski definition) is 2. The fourth-order valence-corrected chi connectivity index (χ4v) is 2.26. The third kappa shape index (κ3) is 3.61. The number of sulfonamides is 1. The molecule has 1 aromatic heterocycles. The number of hydrogen-bond acceptors (Lipinski definition) is 4. The molecular weight excluding hydrogens is 218 g/mol. The summed E-state index contributed by atoms with van der Waals surface area (Å²) in [4.78, 5) is 0.145. The lowest BCUT2D eigenvalue weighted by Gasteiger charge is -2.12. The summed E-state index contributed by atoms with van der Waals surface area (Å²) in [5.74, 6) is 0. The van der Waals surface area contributed by atoms with Crippen molar-refractivity contribution in [1.82, 2.24) is 14.9 Å². The first-order valence-corrected chi connectivity index (χ1v) is 6.04. The minimum absolute atomic E-state index is 0.145. The topological polar surface area (TPSA) is 84.1 Å². The lowest BCUT2D eigenvalue weighted by molar-refractivity contribution is 0.188. The van der Waals surface area contributed by atoms with Crippen LogP contribution in [0.3, 0.4) is 0 Å². The van der Waals surface area contributed by atoms with Gasteiger partial charge in [-0.15, -0.1) is 0 Å². The fourth-order valence-electron chi connectivity index (χ4n) is 1.07. The Morgan fingerprint density at radius 3 is 2.93 bits per heavy atom. The number of nitrogens with one attached hydrogen (secondary N) is 2. The summed E-state index contributed by atoms with van der Waals surface area (Å²) in [6, 6.07) is -0.162. The Hall–Kier alpha value is -0.920. The van der Waals surface area contributed by atoms with Gasteiger partial charge in [0.2, 0.25) is 10.0 Å². The number of nitrogens with zero attached hydrogens (tertiary/aromatic N) is 1. The second kappa shape index (κ2) is 5.24. The third-order valence-corrected chi connectivity index (χ3v) is 3.45. The van der Waals surface area contributed by atoms with Gasteiger partial charge in [0.05, 0.1) is 6.20 Å². The standard InChI is InChI=1S/C8H15N3O3S/c1-7(3-4-14-2)11-15(12,13)8-5-9-10-6-8/h5-7,11H,3-4H2,1-2H3,(H,9,10). The van der Waals surface area contributed by atoms with Crippen molar-refractivity contribution >= 4 is 10.0 Å². The number of aromatic amines is 1. The van der Waals surface area contributed by atoms with Crippen molar-refractivity contribution < 1.29 is 13.2 Å². The lowest BCUT2D eigenvalue weighted by Crippen LogP contribution is -2.33. The van der Waals surface area contributed by atoms with E-state index in [1.807, 2.05) is 0 Å². The molecule has 0 spiro atoms. The summed E-state index contributed by atoms with van der Waals surface area (Å²) in [5, 5.41) is 6.05. The molecule has 0 fully saturated rings. The predicted octanol–water partition coefficient (Wildman–Crippen LogP) is 0.113. The molecular formula is C8H15N3O3S. The van der Waals surface area contributed by atoms with E-state index < -0.39 is 10.0 Å². The van der Waals surface area contributed by atoms with E-state index in [1.54, 1.807) is 14.0 Å². The Labute approximate surface area is 89.1 Å². The summed E-state index contributed by atoms with van der Waals surface area (Å²) < 4.78 is 30.7. The largest absolute Gasteiger partial charge is 0.385 e. The molecule has 0 aliphatic heterocycles. The van der Waals surface area contributed by atoms with Gasteiger partial charge < -0.3 is 4.74 Å². The van der Waals surface area contributed by atoms with E-state index in [0.29, 0.717) is 13.0 Å². The van der Waals surface area contributed by atoms with E-state index in [1.165, 1.54) is 12.4 Å². The number of ether oxygens (including phenoxy) is 1. The zero-order valence-electron chi connectivity index (χ0n) is 8.73. The molecule has 0 aromatic carbocycles. The fraction of sp³-hybridized carbons (Fsp3) is 0.625. The van der Waals surface area contributed by atoms with Crippen molar-refractivity contribution in [2.75, 3.05) is 13.7 Å². The SMILES string of the molecule is COCCC(C)NS(=O)(=O)c1cn[nH]c1. The van der Waals surface area contributed by atoms with Gasteiger partial charge >= 0.3 is 0 Å². The normalized spacial score (nSPS) is 14.0. The van der Waals surface area contributed by atoms with Gasteiger partial charge in [-0.25, -0.2) is 13.1 Å². The van der Waals surface area contributed by atoms with Gasteiger partial charge in [0.25, 0.3) is 0 Å². The molecule has 0 aliphatic rings. The maximum Gasteiger partial charge on any atom is 0.243 e. The Kier molecular flexibility index (Phi) is 4.25. The lowest BCUT2D eigenvalue weighted by atomic mass is 10.3. The smallest absolute Gasteiger partial charge is 0.243 e. The third-order valence-electron chi connectivity index (χ3n) is 1.89. The average Bonchev–Trinajstić information content (AvgIpc) is 2.67. The number of rotatable bonds is 6. The summed E-state index contributed by atoms with van der Waals surface area (Å²) in [6.07, 6.45) is 3.24. The molecule has 1 rings (SSSR count). The van der Waals surface area contributed by atoms with Crippen molar-refractivity contribution in [3.8, 4) is 0 Å². The van der Waals surface area contributed by atoms with Gasteiger partial charge in [0.1, 0.15) is 4.90 Å². The molecule has 1 atom stereocenters. The molecule has 7 heteroatoms. The van der Waals surface area contributed by atoms with Crippen molar-refractivity contribution in [1.29, 1.82) is 0 Å². The quantitative estimate of drug-likeness (QED) is 0.730. The Morgan fingerprint density at radius 2 is 2.40 bits per heavy atom. The minimum Gasteiger partial charge on any atom is -0.385 e. The first-order chi connectivity index (χ1) is 7.06. The highest BCUT2D eigenvalue weighted by atomic mass is 32.2. The van der Waals surface area contributed by atoms with Crippen LogP contribution in [0.4, 0.5) is 0 Å². The second-order valence-corrected chi connectivity index (χ2v) is 4.95. The first-order valence-electron chi connectivity index (χ1n) is 4.56. The van der Waals surface area contributed by atoms with Crippen LogP contribution in [0.5, 0.6) is 0 Å². The highest BCUT2D eigenvalue weighted by Crippen LogP contribution is 2.06. The number of methoxy groups -OCH3 is 1. The molecule has 1 aromatic rings.